The van der Waals surface area contributed by atoms with Gasteiger partial charge in [-0.2, -0.15) is 0 Å². The Kier molecular flexibility index (Phi) is 4.27. The minimum Gasteiger partial charge on any atom is -0.469 e. The van der Waals surface area contributed by atoms with Crippen molar-refractivity contribution >= 4 is 33.7 Å². The first-order chi connectivity index (χ1) is 8.54. The highest BCUT2D eigenvalue weighted by Gasteiger charge is 2.44. The lowest BCUT2D eigenvalue weighted by Gasteiger charge is -2.12. The predicted octanol–water partition coefficient (Wildman–Crippen LogP) is 3.42. The second-order valence-electron chi connectivity index (χ2n) is 4.48. The Morgan fingerprint density at radius 3 is 2.94 bits per heavy atom. The first-order valence-corrected chi connectivity index (χ1v) is 7.33. The van der Waals surface area contributed by atoms with Crippen molar-refractivity contribution in [1.29, 1.82) is 0 Å². The number of aromatic nitrogens is 1. The molecule has 0 aromatic carbocycles. The zero-order valence-corrected chi connectivity index (χ0v) is 12.3. The number of hydrogen-bond donors (Lipinski definition) is 0. The summed E-state index contributed by atoms with van der Waals surface area (Å²) in [5.41, 5.74) is -0.0149. The molecule has 0 atom stereocenters. The van der Waals surface area contributed by atoms with Crippen LogP contribution < -0.4 is 0 Å². The summed E-state index contributed by atoms with van der Waals surface area (Å²) < 4.78 is 18.9. The Morgan fingerprint density at radius 2 is 2.39 bits per heavy atom. The Hall–Kier alpha value is -0.620. The van der Waals surface area contributed by atoms with E-state index in [0.717, 1.165) is 12.8 Å². The molecule has 18 heavy (non-hydrogen) atoms. The number of carbonyl (C=O) groups excluding carboxylic acids is 1. The number of hydrogen-bond acceptors (Lipinski definition) is 4. The van der Waals surface area contributed by atoms with Crippen LogP contribution in [0.5, 0.6) is 0 Å². The third-order valence-electron chi connectivity index (χ3n) is 2.99. The molecule has 0 unspecified atom stereocenters. The van der Waals surface area contributed by atoms with E-state index in [-0.39, 0.29) is 17.2 Å². The van der Waals surface area contributed by atoms with Gasteiger partial charge in [-0.1, -0.05) is 0 Å². The van der Waals surface area contributed by atoms with E-state index in [0.29, 0.717) is 21.7 Å². The highest BCUT2D eigenvalue weighted by Crippen LogP contribution is 2.52. The zero-order chi connectivity index (χ0) is 13.2. The van der Waals surface area contributed by atoms with Gasteiger partial charge in [0.1, 0.15) is 5.03 Å². The molecule has 0 N–H and O–H groups in total. The van der Waals surface area contributed by atoms with Crippen LogP contribution in [0.25, 0.3) is 0 Å². The molecule has 1 aliphatic rings. The first kappa shape index (κ1) is 13.8. The quantitative estimate of drug-likeness (QED) is 0.611. The lowest BCUT2D eigenvalue weighted by atomic mass is 10.1. The van der Waals surface area contributed by atoms with Crippen LogP contribution in [0.1, 0.15) is 19.3 Å². The molecule has 0 saturated heterocycles. The van der Waals surface area contributed by atoms with E-state index in [9.17, 15) is 9.18 Å². The second-order valence-corrected chi connectivity index (χ2v) is 6.36. The van der Waals surface area contributed by atoms with Gasteiger partial charge in [0.15, 0.2) is 5.82 Å². The SMILES string of the molecule is COC(=O)CC1(CSc2ncc(Br)cc2F)CC1. The maximum atomic E-state index is 13.6. The van der Waals surface area contributed by atoms with Gasteiger partial charge in [-0.05, 0) is 40.3 Å². The van der Waals surface area contributed by atoms with Crippen LogP contribution in [0.4, 0.5) is 4.39 Å². The maximum absolute atomic E-state index is 13.6. The summed E-state index contributed by atoms with van der Waals surface area (Å²) >= 11 is 4.53. The van der Waals surface area contributed by atoms with Crippen molar-refractivity contribution in [2.75, 3.05) is 12.9 Å². The number of halogens is 2. The zero-order valence-electron chi connectivity index (χ0n) is 9.91. The van der Waals surface area contributed by atoms with Crippen LogP contribution in [0.3, 0.4) is 0 Å². The van der Waals surface area contributed by atoms with Crippen molar-refractivity contribution in [3.05, 3.63) is 22.6 Å². The molecule has 0 aliphatic heterocycles. The molecule has 0 amide bonds. The summed E-state index contributed by atoms with van der Waals surface area (Å²) in [4.78, 5) is 15.3. The predicted molar refractivity (Wildman–Crippen MR) is 70.9 cm³/mol. The number of methoxy groups -OCH3 is 1. The molecule has 0 spiro atoms. The van der Waals surface area contributed by atoms with Crippen molar-refractivity contribution in [1.82, 2.24) is 4.98 Å². The maximum Gasteiger partial charge on any atom is 0.306 e. The number of thioether (sulfide) groups is 1. The summed E-state index contributed by atoms with van der Waals surface area (Å²) in [6.45, 7) is 0. The third kappa shape index (κ3) is 3.45. The van der Waals surface area contributed by atoms with Gasteiger partial charge < -0.3 is 4.74 Å². The molecular formula is C12H13BrFNO2S. The van der Waals surface area contributed by atoms with Crippen molar-refractivity contribution in [3.8, 4) is 0 Å². The molecule has 3 nitrogen and oxygen atoms in total. The van der Waals surface area contributed by atoms with Crippen LogP contribution in [-0.4, -0.2) is 23.8 Å². The second kappa shape index (κ2) is 5.57. The van der Waals surface area contributed by atoms with Crippen LogP contribution >= 0.6 is 27.7 Å². The fourth-order valence-corrected chi connectivity index (χ4v) is 3.12. The molecule has 0 radical (unpaired) electrons. The monoisotopic (exact) mass is 333 g/mol. The topological polar surface area (TPSA) is 39.2 Å². The van der Waals surface area contributed by atoms with Crippen LogP contribution in [0.15, 0.2) is 21.8 Å². The number of rotatable bonds is 5. The molecule has 1 fully saturated rings. The lowest BCUT2D eigenvalue weighted by Crippen LogP contribution is -2.13. The summed E-state index contributed by atoms with van der Waals surface area (Å²) in [5.74, 6) is 0.175. The molecule has 1 aromatic heterocycles. The van der Waals surface area contributed by atoms with E-state index >= 15 is 0 Å². The molecule has 2 rings (SSSR count). The van der Waals surface area contributed by atoms with E-state index in [4.69, 9.17) is 0 Å². The highest BCUT2D eigenvalue weighted by molar-refractivity contribution is 9.10. The van der Waals surface area contributed by atoms with E-state index < -0.39 is 0 Å². The first-order valence-electron chi connectivity index (χ1n) is 5.55. The number of ether oxygens (including phenoxy) is 1. The van der Waals surface area contributed by atoms with E-state index in [1.165, 1.54) is 24.9 Å². The van der Waals surface area contributed by atoms with E-state index in [1.807, 2.05) is 0 Å². The average molecular weight is 334 g/mol. The van der Waals surface area contributed by atoms with Crippen molar-refractivity contribution in [2.45, 2.75) is 24.3 Å². The van der Waals surface area contributed by atoms with Gasteiger partial charge in [-0.25, -0.2) is 9.37 Å². The minimum absolute atomic E-state index is 0.0149. The summed E-state index contributed by atoms with van der Waals surface area (Å²) in [5, 5.41) is 0.384. The smallest absolute Gasteiger partial charge is 0.306 e. The Labute approximate surface area is 118 Å². The number of pyridine rings is 1. The molecule has 0 bridgehead atoms. The van der Waals surface area contributed by atoms with Gasteiger partial charge in [0.2, 0.25) is 0 Å². The summed E-state index contributed by atoms with van der Waals surface area (Å²) in [6.07, 6.45) is 3.97. The Bertz CT molecular complexity index is 465. The average Bonchev–Trinajstić information content (AvgIpc) is 3.08. The van der Waals surface area contributed by atoms with Crippen LogP contribution in [0.2, 0.25) is 0 Å². The van der Waals surface area contributed by atoms with Crippen molar-refractivity contribution < 1.29 is 13.9 Å². The fourth-order valence-electron chi connectivity index (χ4n) is 1.66. The number of esters is 1. The third-order valence-corrected chi connectivity index (χ3v) is 4.76. The van der Waals surface area contributed by atoms with Crippen molar-refractivity contribution in [2.24, 2.45) is 5.41 Å². The summed E-state index contributed by atoms with van der Waals surface area (Å²) in [7, 11) is 1.39. The van der Waals surface area contributed by atoms with E-state index in [2.05, 4.69) is 25.7 Å². The van der Waals surface area contributed by atoms with E-state index in [1.54, 1.807) is 6.20 Å². The highest BCUT2D eigenvalue weighted by atomic mass is 79.9. The van der Waals surface area contributed by atoms with Crippen LogP contribution in [0, 0.1) is 11.2 Å². The van der Waals surface area contributed by atoms with Gasteiger partial charge in [0, 0.05) is 16.4 Å². The fraction of sp³-hybridized carbons (Fsp3) is 0.500. The molecule has 1 saturated carbocycles. The minimum atomic E-state index is -0.330. The molecule has 1 aliphatic carbocycles. The van der Waals surface area contributed by atoms with Gasteiger partial charge in [-0.15, -0.1) is 11.8 Å². The molecular weight excluding hydrogens is 321 g/mol. The molecule has 6 heteroatoms. The Balaban J connectivity index is 1.93. The van der Waals surface area contributed by atoms with Gasteiger partial charge in [0.25, 0.3) is 0 Å². The van der Waals surface area contributed by atoms with Gasteiger partial charge in [0.05, 0.1) is 13.5 Å². The van der Waals surface area contributed by atoms with Gasteiger partial charge >= 0.3 is 5.97 Å². The normalized spacial score (nSPS) is 16.4. The van der Waals surface area contributed by atoms with Crippen LogP contribution in [-0.2, 0) is 9.53 Å². The molecule has 1 heterocycles. The molecule has 1 aromatic rings. The summed E-state index contributed by atoms with van der Waals surface area (Å²) in [6, 6.07) is 1.40. The standard InChI is InChI=1S/C12H13BrFNO2S/c1-17-10(16)5-12(2-3-12)7-18-11-9(14)4-8(13)6-15-11/h4,6H,2-3,5,7H2,1H3. The number of carbonyl (C=O) groups is 1. The Morgan fingerprint density at radius 1 is 1.67 bits per heavy atom. The number of nitrogens with zero attached hydrogens (tertiary/aromatic N) is 1. The van der Waals surface area contributed by atoms with Crippen molar-refractivity contribution in [3.63, 3.8) is 0 Å². The largest absolute Gasteiger partial charge is 0.469 e. The van der Waals surface area contributed by atoms with Gasteiger partial charge in [-0.3, -0.25) is 4.79 Å². The molecule has 98 valence electrons. The lowest BCUT2D eigenvalue weighted by molar-refractivity contribution is -0.141.